The van der Waals surface area contributed by atoms with Crippen LogP contribution in [0.3, 0.4) is 0 Å². The molecule has 0 saturated heterocycles. The topological polar surface area (TPSA) is 54.6 Å². The molecule has 0 radical (unpaired) electrons. The number of rotatable bonds is 6. The van der Waals surface area contributed by atoms with Gasteiger partial charge in [0.05, 0.1) is 12.7 Å². The lowest BCUT2D eigenvalue weighted by Gasteiger charge is -2.33. The van der Waals surface area contributed by atoms with Gasteiger partial charge in [-0.25, -0.2) is 4.99 Å². The molecule has 29 heavy (non-hydrogen) atoms. The van der Waals surface area contributed by atoms with Crippen LogP contribution in [-0.2, 0) is 12.8 Å². The van der Waals surface area contributed by atoms with Crippen molar-refractivity contribution in [2.45, 2.75) is 40.0 Å². The van der Waals surface area contributed by atoms with Gasteiger partial charge in [0.1, 0.15) is 17.7 Å². The van der Waals surface area contributed by atoms with Crippen molar-refractivity contribution in [3.05, 3.63) is 52.4 Å². The Morgan fingerprint density at radius 2 is 2.14 bits per heavy atom. The summed E-state index contributed by atoms with van der Waals surface area (Å²) in [6, 6.07) is 8.07. The van der Waals surface area contributed by atoms with Crippen molar-refractivity contribution in [2.24, 2.45) is 16.3 Å². The zero-order valence-corrected chi connectivity index (χ0v) is 18.4. The Bertz CT molecular complexity index is 960. The molecule has 1 atom stereocenters. The third kappa shape index (κ3) is 4.71. The van der Waals surface area contributed by atoms with E-state index in [4.69, 9.17) is 9.47 Å². The number of ether oxygens (including phenoxy) is 2. The monoisotopic (exact) mass is 408 g/mol. The van der Waals surface area contributed by atoms with Crippen LogP contribution in [0.2, 0.25) is 0 Å². The summed E-state index contributed by atoms with van der Waals surface area (Å²) in [4.78, 5) is 5.99. The predicted octanol–water partition coefficient (Wildman–Crippen LogP) is 6.09. The van der Waals surface area contributed by atoms with Crippen molar-refractivity contribution in [3.63, 3.8) is 0 Å². The number of nitrogens with zero attached hydrogens (tertiary/aromatic N) is 2. The summed E-state index contributed by atoms with van der Waals surface area (Å²) in [7, 11) is 1.61. The van der Waals surface area contributed by atoms with Crippen molar-refractivity contribution in [1.82, 2.24) is 0 Å². The lowest BCUT2D eigenvalue weighted by Crippen LogP contribution is -2.26. The SMILES string of the molecule is C=CCOc1ccc(C=Nc2sc3c(c2C#N)CC[C@@H](C(C)(C)C)C3)cc1OC. The van der Waals surface area contributed by atoms with E-state index in [1.807, 2.05) is 18.2 Å². The third-order valence-electron chi connectivity index (χ3n) is 5.46. The molecule has 1 aliphatic carbocycles. The van der Waals surface area contributed by atoms with E-state index in [2.05, 4.69) is 38.4 Å². The lowest BCUT2D eigenvalue weighted by atomic mass is 9.72. The second-order valence-corrected chi connectivity index (χ2v) is 9.45. The maximum Gasteiger partial charge on any atom is 0.161 e. The fraction of sp³-hybridized carbons (Fsp3) is 0.417. The van der Waals surface area contributed by atoms with Crippen molar-refractivity contribution >= 4 is 22.6 Å². The molecule has 0 unspecified atom stereocenters. The zero-order chi connectivity index (χ0) is 21.0. The molecule has 0 N–H and O–H groups in total. The van der Waals surface area contributed by atoms with Crippen molar-refractivity contribution in [2.75, 3.05) is 13.7 Å². The Balaban J connectivity index is 1.86. The smallest absolute Gasteiger partial charge is 0.161 e. The number of nitriles is 1. The van der Waals surface area contributed by atoms with E-state index in [1.54, 1.807) is 30.7 Å². The van der Waals surface area contributed by atoms with Gasteiger partial charge >= 0.3 is 0 Å². The first-order valence-corrected chi connectivity index (χ1v) is 10.7. The van der Waals surface area contributed by atoms with Crippen LogP contribution >= 0.6 is 11.3 Å². The van der Waals surface area contributed by atoms with E-state index in [1.165, 1.54) is 10.4 Å². The second-order valence-electron chi connectivity index (χ2n) is 8.37. The van der Waals surface area contributed by atoms with Gasteiger partial charge in [-0.15, -0.1) is 11.3 Å². The van der Waals surface area contributed by atoms with Gasteiger partial charge in [-0.05, 0) is 59.9 Å². The van der Waals surface area contributed by atoms with Crippen molar-refractivity contribution in [3.8, 4) is 17.6 Å². The number of hydrogen-bond acceptors (Lipinski definition) is 5. The molecule has 2 aromatic rings. The van der Waals surface area contributed by atoms with Crippen LogP contribution in [0, 0.1) is 22.7 Å². The number of fused-ring (bicyclic) bond motifs is 1. The summed E-state index contributed by atoms with van der Waals surface area (Å²) >= 11 is 1.66. The van der Waals surface area contributed by atoms with Crippen LogP contribution in [0.1, 0.15) is 48.8 Å². The largest absolute Gasteiger partial charge is 0.493 e. The maximum atomic E-state index is 9.73. The van der Waals surface area contributed by atoms with E-state index in [-0.39, 0.29) is 5.41 Å². The van der Waals surface area contributed by atoms with Crippen LogP contribution in [0.4, 0.5) is 5.00 Å². The van der Waals surface area contributed by atoms with Gasteiger partial charge in [0.25, 0.3) is 0 Å². The summed E-state index contributed by atoms with van der Waals surface area (Å²) in [5.74, 6) is 1.96. The molecule has 0 aliphatic heterocycles. The van der Waals surface area contributed by atoms with Crippen molar-refractivity contribution in [1.29, 1.82) is 5.26 Å². The number of hydrogen-bond donors (Lipinski definition) is 0. The fourth-order valence-corrected chi connectivity index (χ4v) is 4.90. The predicted molar refractivity (Wildman–Crippen MR) is 120 cm³/mol. The van der Waals surface area contributed by atoms with E-state index in [0.29, 0.717) is 24.0 Å². The van der Waals surface area contributed by atoms with Gasteiger partial charge in [-0.3, -0.25) is 0 Å². The molecule has 0 amide bonds. The lowest BCUT2D eigenvalue weighted by molar-refractivity contribution is 0.218. The van der Waals surface area contributed by atoms with Crippen LogP contribution in [-0.4, -0.2) is 19.9 Å². The highest BCUT2D eigenvalue weighted by Crippen LogP contribution is 2.44. The first kappa shape index (κ1) is 21.1. The molecule has 0 bridgehead atoms. The zero-order valence-electron chi connectivity index (χ0n) is 17.6. The minimum atomic E-state index is 0.282. The minimum absolute atomic E-state index is 0.282. The maximum absolute atomic E-state index is 9.73. The standard InChI is InChI=1S/C24H28N2O2S/c1-6-11-28-20-10-7-16(12-21(20)27-5)15-26-23-19(14-25)18-9-8-17(24(2,3)4)13-22(18)29-23/h6-7,10,12,15,17H,1,8-9,11,13H2,2-5H3/t17-/m1/s1. The molecule has 1 heterocycles. The molecule has 0 fully saturated rings. The Kier molecular flexibility index (Phi) is 6.44. The summed E-state index contributed by atoms with van der Waals surface area (Å²) in [5.41, 5.74) is 3.13. The molecule has 0 spiro atoms. The summed E-state index contributed by atoms with van der Waals surface area (Å²) in [6.45, 7) is 11.0. The van der Waals surface area contributed by atoms with Crippen LogP contribution < -0.4 is 9.47 Å². The first-order valence-electron chi connectivity index (χ1n) is 9.87. The quantitative estimate of drug-likeness (QED) is 0.429. The Morgan fingerprint density at radius 3 is 2.79 bits per heavy atom. The Hall–Kier alpha value is -2.58. The molecule has 1 aliphatic rings. The van der Waals surface area contributed by atoms with Gasteiger partial charge in [0, 0.05) is 11.1 Å². The average Bonchev–Trinajstić information content (AvgIpc) is 3.06. The summed E-state index contributed by atoms with van der Waals surface area (Å²) in [5, 5.41) is 10.5. The third-order valence-corrected chi connectivity index (χ3v) is 6.62. The van der Waals surface area contributed by atoms with Crippen LogP contribution in [0.5, 0.6) is 11.5 Å². The molecular weight excluding hydrogens is 380 g/mol. The van der Waals surface area contributed by atoms with Gasteiger partial charge in [0.15, 0.2) is 11.5 Å². The second kappa shape index (κ2) is 8.84. The molecule has 1 aromatic heterocycles. The number of thiophene rings is 1. The van der Waals surface area contributed by atoms with Gasteiger partial charge in [0.2, 0.25) is 0 Å². The normalized spacial score (nSPS) is 16.3. The van der Waals surface area contributed by atoms with E-state index in [9.17, 15) is 5.26 Å². The fourth-order valence-electron chi connectivity index (χ4n) is 3.68. The number of methoxy groups -OCH3 is 1. The summed E-state index contributed by atoms with van der Waals surface area (Å²) < 4.78 is 11.0. The van der Waals surface area contributed by atoms with Gasteiger partial charge in [-0.2, -0.15) is 5.26 Å². The van der Waals surface area contributed by atoms with E-state index < -0.39 is 0 Å². The molecule has 0 saturated carbocycles. The highest BCUT2D eigenvalue weighted by Gasteiger charge is 2.32. The highest BCUT2D eigenvalue weighted by atomic mass is 32.1. The molecule has 5 heteroatoms. The van der Waals surface area contributed by atoms with Gasteiger partial charge < -0.3 is 9.47 Å². The Morgan fingerprint density at radius 1 is 1.34 bits per heavy atom. The number of aliphatic imine (C=N–C) groups is 1. The van der Waals surface area contributed by atoms with Gasteiger partial charge in [-0.1, -0.05) is 33.4 Å². The average molecular weight is 409 g/mol. The number of benzene rings is 1. The van der Waals surface area contributed by atoms with E-state index in [0.717, 1.165) is 35.4 Å². The molecular formula is C24H28N2O2S. The van der Waals surface area contributed by atoms with Crippen molar-refractivity contribution < 1.29 is 9.47 Å². The summed E-state index contributed by atoms with van der Waals surface area (Å²) in [6.07, 6.45) is 6.63. The molecule has 152 valence electrons. The molecule has 3 rings (SSSR count). The van der Waals surface area contributed by atoms with E-state index >= 15 is 0 Å². The van der Waals surface area contributed by atoms with Crippen LogP contribution in [0.25, 0.3) is 0 Å². The Labute approximate surface area is 177 Å². The molecule has 4 nitrogen and oxygen atoms in total. The first-order chi connectivity index (χ1) is 13.9. The minimum Gasteiger partial charge on any atom is -0.493 e. The highest BCUT2D eigenvalue weighted by molar-refractivity contribution is 7.16. The molecule has 1 aromatic carbocycles. The van der Waals surface area contributed by atoms with Crippen LogP contribution in [0.15, 0.2) is 35.8 Å².